The van der Waals surface area contributed by atoms with E-state index in [0.29, 0.717) is 40.3 Å². The number of hydrogen-bond acceptors (Lipinski definition) is 5. The van der Waals surface area contributed by atoms with Gasteiger partial charge in [0.05, 0.1) is 30.0 Å². The molecule has 0 spiro atoms. The number of rotatable bonds is 7. The first kappa shape index (κ1) is 21.2. The van der Waals surface area contributed by atoms with E-state index in [9.17, 15) is 9.59 Å². The SMILES string of the molecule is CCOC(=O)c1ccccc1NC(=O)c1c(-c2ccccc2)oc2ccc(OCC)cc12. The summed E-state index contributed by atoms with van der Waals surface area (Å²) in [5.74, 6) is 0.192. The Labute approximate surface area is 185 Å². The molecule has 0 aliphatic heterocycles. The summed E-state index contributed by atoms with van der Waals surface area (Å²) in [6.45, 7) is 4.38. The summed E-state index contributed by atoms with van der Waals surface area (Å²) in [6.07, 6.45) is 0. The van der Waals surface area contributed by atoms with Crippen LogP contribution in [0.1, 0.15) is 34.6 Å². The summed E-state index contributed by atoms with van der Waals surface area (Å²) >= 11 is 0. The van der Waals surface area contributed by atoms with Crippen molar-refractivity contribution in [3.63, 3.8) is 0 Å². The molecule has 0 fully saturated rings. The van der Waals surface area contributed by atoms with Gasteiger partial charge in [-0.15, -0.1) is 0 Å². The van der Waals surface area contributed by atoms with E-state index in [2.05, 4.69) is 5.32 Å². The van der Waals surface area contributed by atoms with Gasteiger partial charge in [0.1, 0.15) is 17.1 Å². The second-order valence-electron chi connectivity index (χ2n) is 6.98. The molecule has 1 amide bonds. The molecule has 0 atom stereocenters. The number of esters is 1. The Bertz CT molecular complexity index is 1260. The Morgan fingerprint density at radius 1 is 0.906 bits per heavy atom. The van der Waals surface area contributed by atoms with E-state index in [0.717, 1.165) is 5.56 Å². The molecule has 0 bridgehead atoms. The number of carbonyl (C=O) groups excluding carboxylic acids is 2. The second kappa shape index (κ2) is 9.39. The molecule has 0 unspecified atom stereocenters. The highest BCUT2D eigenvalue weighted by Crippen LogP contribution is 2.36. The molecule has 6 nitrogen and oxygen atoms in total. The molecule has 4 rings (SSSR count). The van der Waals surface area contributed by atoms with Crippen LogP contribution in [0.2, 0.25) is 0 Å². The molecule has 1 heterocycles. The highest BCUT2D eigenvalue weighted by atomic mass is 16.5. The van der Waals surface area contributed by atoms with Crippen molar-refractivity contribution in [1.29, 1.82) is 0 Å². The quantitative estimate of drug-likeness (QED) is 0.369. The van der Waals surface area contributed by atoms with Crippen molar-refractivity contribution in [1.82, 2.24) is 0 Å². The maximum atomic E-state index is 13.5. The Hall–Kier alpha value is -4.06. The van der Waals surface area contributed by atoms with Gasteiger partial charge in [0.2, 0.25) is 0 Å². The number of anilines is 1. The summed E-state index contributed by atoms with van der Waals surface area (Å²) in [5, 5.41) is 3.49. The van der Waals surface area contributed by atoms with Crippen molar-refractivity contribution in [3.05, 3.63) is 83.9 Å². The van der Waals surface area contributed by atoms with Crippen LogP contribution in [-0.4, -0.2) is 25.1 Å². The monoisotopic (exact) mass is 429 g/mol. The predicted octanol–water partition coefficient (Wildman–Crippen LogP) is 5.93. The van der Waals surface area contributed by atoms with Gasteiger partial charge < -0.3 is 19.2 Å². The van der Waals surface area contributed by atoms with Gasteiger partial charge in [-0.2, -0.15) is 0 Å². The average Bonchev–Trinajstić information content (AvgIpc) is 3.19. The lowest BCUT2D eigenvalue weighted by Crippen LogP contribution is -2.16. The van der Waals surface area contributed by atoms with Crippen LogP contribution in [0.15, 0.2) is 77.2 Å². The zero-order valence-electron chi connectivity index (χ0n) is 17.9. The number of fused-ring (bicyclic) bond motifs is 1. The molecule has 162 valence electrons. The van der Waals surface area contributed by atoms with Crippen LogP contribution < -0.4 is 10.1 Å². The summed E-state index contributed by atoms with van der Waals surface area (Å²) in [4.78, 5) is 25.9. The van der Waals surface area contributed by atoms with Gasteiger partial charge in [0.15, 0.2) is 0 Å². The maximum absolute atomic E-state index is 13.5. The summed E-state index contributed by atoms with van der Waals surface area (Å²) < 4.78 is 16.8. The molecule has 3 aromatic carbocycles. The maximum Gasteiger partial charge on any atom is 0.340 e. The number of carbonyl (C=O) groups is 2. The molecule has 6 heteroatoms. The fraction of sp³-hybridized carbons (Fsp3) is 0.154. The number of furan rings is 1. The van der Waals surface area contributed by atoms with Crippen molar-refractivity contribution in [2.24, 2.45) is 0 Å². The Morgan fingerprint density at radius 3 is 2.41 bits per heavy atom. The van der Waals surface area contributed by atoms with Crippen LogP contribution in [0.4, 0.5) is 5.69 Å². The zero-order chi connectivity index (χ0) is 22.5. The number of nitrogens with one attached hydrogen (secondary N) is 1. The van der Waals surface area contributed by atoms with Crippen molar-refractivity contribution in [3.8, 4) is 17.1 Å². The summed E-state index contributed by atoms with van der Waals surface area (Å²) in [5.41, 5.74) is 2.35. The standard InChI is InChI=1S/C26H23NO5/c1-3-30-18-14-15-22-20(16-18)23(24(32-22)17-10-6-5-7-11-17)25(28)27-21-13-9-8-12-19(21)26(29)31-4-2/h5-16H,3-4H2,1-2H3,(H,27,28). The molecule has 0 saturated carbocycles. The van der Waals surface area contributed by atoms with Crippen molar-refractivity contribution < 1.29 is 23.5 Å². The van der Waals surface area contributed by atoms with Crippen LogP contribution in [0.25, 0.3) is 22.3 Å². The van der Waals surface area contributed by atoms with Crippen molar-refractivity contribution >= 4 is 28.5 Å². The number of hydrogen-bond donors (Lipinski definition) is 1. The molecular formula is C26H23NO5. The van der Waals surface area contributed by atoms with Crippen LogP contribution in [0, 0.1) is 0 Å². The van der Waals surface area contributed by atoms with Crippen molar-refractivity contribution in [2.75, 3.05) is 18.5 Å². The third-order valence-corrected chi connectivity index (χ3v) is 4.90. The molecule has 0 radical (unpaired) electrons. The molecule has 0 aliphatic carbocycles. The molecular weight excluding hydrogens is 406 g/mol. The van der Waals surface area contributed by atoms with E-state index in [1.807, 2.05) is 43.3 Å². The minimum absolute atomic E-state index is 0.242. The Kier molecular flexibility index (Phi) is 6.22. The summed E-state index contributed by atoms with van der Waals surface area (Å²) in [6, 6.07) is 21.6. The number of benzene rings is 3. The Morgan fingerprint density at radius 2 is 1.66 bits per heavy atom. The van der Waals surface area contributed by atoms with E-state index in [4.69, 9.17) is 13.9 Å². The third kappa shape index (κ3) is 4.21. The molecule has 4 aromatic rings. The van der Waals surface area contributed by atoms with Gasteiger partial charge >= 0.3 is 5.97 Å². The van der Waals surface area contributed by atoms with Gasteiger partial charge in [-0.05, 0) is 44.2 Å². The van der Waals surface area contributed by atoms with E-state index in [1.54, 1.807) is 43.3 Å². The van der Waals surface area contributed by atoms with Crippen LogP contribution in [-0.2, 0) is 4.74 Å². The van der Waals surface area contributed by atoms with E-state index in [1.165, 1.54) is 0 Å². The lowest BCUT2D eigenvalue weighted by molar-refractivity contribution is 0.0527. The largest absolute Gasteiger partial charge is 0.494 e. The lowest BCUT2D eigenvalue weighted by atomic mass is 10.0. The Balaban J connectivity index is 1.81. The van der Waals surface area contributed by atoms with E-state index < -0.39 is 11.9 Å². The van der Waals surface area contributed by atoms with Gasteiger partial charge in [-0.1, -0.05) is 42.5 Å². The minimum atomic E-state index is -0.498. The van der Waals surface area contributed by atoms with Crippen LogP contribution in [0.5, 0.6) is 5.75 Å². The second-order valence-corrected chi connectivity index (χ2v) is 6.98. The number of amides is 1. The predicted molar refractivity (Wildman–Crippen MR) is 123 cm³/mol. The highest BCUT2D eigenvalue weighted by Gasteiger charge is 2.24. The average molecular weight is 429 g/mol. The van der Waals surface area contributed by atoms with Gasteiger partial charge in [0, 0.05) is 10.9 Å². The smallest absolute Gasteiger partial charge is 0.340 e. The van der Waals surface area contributed by atoms with Crippen molar-refractivity contribution in [2.45, 2.75) is 13.8 Å². The third-order valence-electron chi connectivity index (χ3n) is 4.90. The van der Waals surface area contributed by atoms with E-state index in [-0.39, 0.29) is 12.2 Å². The number of ether oxygens (including phenoxy) is 2. The van der Waals surface area contributed by atoms with Crippen LogP contribution in [0.3, 0.4) is 0 Å². The van der Waals surface area contributed by atoms with Gasteiger partial charge in [-0.3, -0.25) is 4.79 Å². The normalized spacial score (nSPS) is 10.7. The molecule has 1 N–H and O–H groups in total. The molecule has 0 aliphatic rings. The minimum Gasteiger partial charge on any atom is -0.494 e. The van der Waals surface area contributed by atoms with Gasteiger partial charge in [-0.25, -0.2) is 4.79 Å². The lowest BCUT2D eigenvalue weighted by Gasteiger charge is -2.11. The van der Waals surface area contributed by atoms with Gasteiger partial charge in [0.25, 0.3) is 5.91 Å². The fourth-order valence-corrected chi connectivity index (χ4v) is 3.52. The topological polar surface area (TPSA) is 77.8 Å². The number of para-hydroxylation sites is 1. The summed E-state index contributed by atoms with van der Waals surface area (Å²) in [7, 11) is 0. The zero-order valence-corrected chi connectivity index (χ0v) is 17.9. The first-order chi connectivity index (χ1) is 15.6. The molecule has 0 saturated heterocycles. The first-order valence-electron chi connectivity index (χ1n) is 10.4. The van der Waals surface area contributed by atoms with E-state index >= 15 is 0 Å². The first-order valence-corrected chi connectivity index (χ1v) is 10.4. The van der Waals surface area contributed by atoms with Crippen LogP contribution >= 0.6 is 0 Å². The molecule has 1 aromatic heterocycles. The fourth-order valence-electron chi connectivity index (χ4n) is 3.52. The molecule has 32 heavy (non-hydrogen) atoms. The highest BCUT2D eigenvalue weighted by molar-refractivity contribution is 6.17.